The standard InChI is InChI=1S/C20H25FN4O5S/c1-19(2,3)17-25-24-16(29-17)10-7-12-14(8-11(10)21)31(28)9-13(15(26)22-12)23-18(27)30-20(4,5)6/h7-8,13H,9H2,1-6H3,(H,22,26)(H,23,27)/t13-,31?/m0/s1. The normalized spacial score (nSPS) is 19.3. The molecule has 3 rings (SSSR count). The van der Waals surface area contributed by atoms with Crippen molar-refractivity contribution in [2.45, 2.75) is 63.5 Å². The van der Waals surface area contributed by atoms with Gasteiger partial charge in [0.05, 0.1) is 32.7 Å². The van der Waals surface area contributed by atoms with Gasteiger partial charge < -0.3 is 19.8 Å². The molecule has 0 radical (unpaired) electrons. The molecule has 0 fully saturated rings. The summed E-state index contributed by atoms with van der Waals surface area (Å²) in [5, 5.41) is 12.8. The summed E-state index contributed by atoms with van der Waals surface area (Å²) in [7, 11) is -1.77. The van der Waals surface area contributed by atoms with Crippen LogP contribution in [0, 0.1) is 5.82 Å². The van der Waals surface area contributed by atoms with Crippen LogP contribution < -0.4 is 10.6 Å². The summed E-state index contributed by atoms with van der Waals surface area (Å²) >= 11 is 0. The lowest BCUT2D eigenvalue weighted by atomic mass is 9.97. The largest absolute Gasteiger partial charge is 0.444 e. The number of halogens is 1. The first-order valence-electron chi connectivity index (χ1n) is 9.61. The number of hydrogen-bond donors (Lipinski definition) is 2. The number of hydrogen-bond acceptors (Lipinski definition) is 7. The quantitative estimate of drug-likeness (QED) is 0.717. The molecule has 2 atom stereocenters. The van der Waals surface area contributed by atoms with Crippen LogP contribution in [0.2, 0.25) is 0 Å². The highest BCUT2D eigenvalue weighted by Crippen LogP contribution is 2.33. The van der Waals surface area contributed by atoms with Gasteiger partial charge in [0.25, 0.3) is 5.89 Å². The third-order valence-corrected chi connectivity index (χ3v) is 5.66. The summed E-state index contributed by atoms with van der Waals surface area (Å²) in [5.41, 5.74) is -1.08. The summed E-state index contributed by atoms with van der Waals surface area (Å²) in [4.78, 5) is 24.8. The highest BCUT2D eigenvalue weighted by atomic mass is 32.2. The molecular weight excluding hydrogens is 427 g/mol. The lowest BCUT2D eigenvalue weighted by molar-refractivity contribution is -0.117. The SMILES string of the molecule is CC(C)(C)OC(=O)N[C@H]1CS(=O)c2cc(F)c(-c3nnc(C(C)(C)C)o3)cc2NC1=O. The van der Waals surface area contributed by atoms with Gasteiger partial charge in [0, 0.05) is 5.41 Å². The fourth-order valence-electron chi connectivity index (χ4n) is 2.73. The van der Waals surface area contributed by atoms with E-state index in [1.807, 2.05) is 20.8 Å². The highest BCUT2D eigenvalue weighted by molar-refractivity contribution is 7.85. The van der Waals surface area contributed by atoms with Crippen molar-refractivity contribution in [2.75, 3.05) is 11.1 Å². The van der Waals surface area contributed by atoms with Gasteiger partial charge in [-0.15, -0.1) is 10.2 Å². The Labute approximate surface area is 181 Å². The Hall–Kier alpha value is -2.82. The van der Waals surface area contributed by atoms with Crippen LogP contribution in [-0.2, 0) is 25.7 Å². The topological polar surface area (TPSA) is 123 Å². The molecule has 2 heterocycles. The number of fused-ring (bicyclic) bond motifs is 1. The molecule has 11 heteroatoms. The van der Waals surface area contributed by atoms with Crippen molar-refractivity contribution < 1.29 is 27.3 Å². The van der Waals surface area contributed by atoms with Crippen molar-refractivity contribution in [3.63, 3.8) is 0 Å². The number of nitrogens with zero attached hydrogens (tertiary/aromatic N) is 2. The van der Waals surface area contributed by atoms with Gasteiger partial charge in [-0.05, 0) is 32.9 Å². The number of alkyl carbamates (subject to hydrolysis) is 1. The Kier molecular flexibility index (Phi) is 5.92. The van der Waals surface area contributed by atoms with E-state index in [4.69, 9.17) is 9.15 Å². The maximum atomic E-state index is 14.8. The van der Waals surface area contributed by atoms with E-state index < -0.39 is 45.7 Å². The van der Waals surface area contributed by atoms with Crippen molar-refractivity contribution >= 4 is 28.5 Å². The second kappa shape index (κ2) is 8.03. The minimum absolute atomic E-state index is 0.0300. The summed E-state index contributed by atoms with van der Waals surface area (Å²) in [6, 6.07) is 1.25. The Morgan fingerprint density at radius 3 is 2.52 bits per heavy atom. The minimum Gasteiger partial charge on any atom is -0.444 e. The van der Waals surface area contributed by atoms with Crippen molar-refractivity contribution in [1.29, 1.82) is 0 Å². The van der Waals surface area contributed by atoms with Gasteiger partial charge in [0.1, 0.15) is 17.5 Å². The maximum absolute atomic E-state index is 14.8. The number of carbonyl (C=O) groups excluding carboxylic acids is 2. The average Bonchev–Trinajstić information content (AvgIpc) is 3.07. The van der Waals surface area contributed by atoms with Crippen molar-refractivity contribution in [1.82, 2.24) is 15.5 Å². The molecular formula is C20H25FN4O5S. The zero-order valence-electron chi connectivity index (χ0n) is 18.2. The summed E-state index contributed by atoms with van der Waals surface area (Å²) in [6.45, 7) is 10.7. The molecule has 9 nitrogen and oxygen atoms in total. The lowest BCUT2D eigenvalue weighted by Crippen LogP contribution is -2.47. The number of carbonyl (C=O) groups is 2. The van der Waals surface area contributed by atoms with Crippen LogP contribution in [0.3, 0.4) is 0 Å². The van der Waals surface area contributed by atoms with E-state index >= 15 is 0 Å². The summed E-state index contributed by atoms with van der Waals surface area (Å²) < 4.78 is 38.3. The molecule has 1 unspecified atom stereocenters. The van der Waals surface area contributed by atoms with E-state index in [1.54, 1.807) is 20.8 Å². The zero-order chi connectivity index (χ0) is 23.1. The van der Waals surface area contributed by atoms with E-state index in [2.05, 4.69) is 20.8 Å². The molecule has 0 bridgehead atoms. The molecule has 0 saturated heterocycles. The van der Waals surface area contributed by atoms with Crippen LogP contribution in [-0.4, -0.2) is 43.8 Å². The van der Waals surface area contributed by atoms with Gasteiger partial charge >= 0.3 is 6.09 Å². The van der Waals surface area contributed by atoms with Crippen molar-refractivity contribution in [3.8, 4) is 11.5 Å². The second-order valence-corrected chi connectivity index (χ2v) is 10.7. The molecule has 1 aliphatic rings. The van der Waals surface area contributed by atoms with Gasteiger partial charge in [-0.2, -0.15) is 0 Å². The van der Waals surface area contributed by atoms with Gasteiger partial charge in [-0.3, -0.25) is 9.00 Å². The number of anilines is 1. The fourth-order valence-corrected chi connectivity index (χ4v) is 4.04. The molecule has 1 aromatic heterocycles. The van der Waals surface area contributed by atoms with E-state index in [9.17, 15) is 18.2 Å². The summed E-state index contributed by atoms with van der Waals surface area (Å²) in [6.07, 6.45) is -0.817. The molecule has 0 saturated carbocycles. The monoisotopic (exact) mass is 452 g/mol. The van der Waals surface area contributed by atoms with Crippen LogP contribution in [0.4, 0.5) is 14.9 Å². The second-order valence-electron chi connectivity index (χ2n) is 9.19. The number of ether oxygens (including phenoxy) is 1. The lowest BCUT2D eigenvalue weighted by Gasteiger charge is -2.22. The number of nitrogens with one attached hydrogen (secondary N) is 2. The first-order chi connectivity index (χ1) is 14.2. The highest BCUT2D eigenvalue weighted by Gasteiger charge is 2.32. The maximum Gasteiger partial charge on any atom is 0.408 e. The van der Waals surface area contributed by atoms with Crippen molar-refractivity contribution in [2.24, 2.45) is 0 Å². The van der Waals surface area contributed by atoms with Crippen LogP contribution >= 0.6 is 0 Å². The number of aromatic nitrogens is 2. The predicted octanol–water partition coefficient (Wildman–Crippen LogP) is 3.13. The first kappa shape index (κ1) is 22.9. The van der Waals surface area contributed by atoms with Gasteiger partial charge in [0.15, 0.2) is 0 Å². The fraction of sp³-hybridized carbons (Fsp3) is 0.500. The van der Waals surface area contributed by atoms with Gasteiger partial charge in [0.2, 0.25) is 11.8 Å². The van der Waals surface area contributed by atoms with Crippen LogP contribution in [0.25, 0.3) is 11.5 Å². The third kappa shape index (κ3) is 5.27. The minimum atomic E-state index is -1.77. The van der Waals surface area contributed by atoms with Crippen LogP contribution in [0.5, 0.6) is 0 Å². The molecule has 1 aliphatic heterocycles. The van der Waals surface area contributed by atoms with E-state index in [0.29, 0.717) is 5.89 Å². The average molecular weight is 453 g/mol. The number of benzene rings is 1. The molecule has 2 amide bonds. The third-order valence-electron chi connectivity index (χ3n) is 4.19. The first-order valence-corrected chi connectivity index (χ1v) is 10.9. The van der Waals surface area contributed by atoms with E-state index in [-0.39, 0.29) is 27.8 Å². The Bertz CT molecular complexity index is 1050. The molecule has 0 aliphatic carbocycles. The Morgan fingerprint density at radius 2 is 1.94 bits per heavy atom. The van der Waals surface area contributed by atoms with E-state index in [1.165, 1.54) is 6.07 Å². The van der Waals surface area contributed by atoms with Crippen molar-refractivity contribution in [3.05, 3.63) is 23.8 Å². The van der Waals surface area contributed by atoms with E-state index in [0.717, 1.165) is 6.07 Å². The Morgan fingerprint density at radius 1 is 1.26 bits per heavy atom. The number of rotatable bonds is 2. The molecule has 31 heavy (non-hydrogen) atoms. The smallest absolute Gasteiger partial charge is 0.408 e. The van der Waals surface area contributed by atoms with Gasteiger partial charge in [-0.1, -0.05) is 20.8 Å². The summed E-state index contributed by atoms with van der Waals surface area (Å²) in [5.74, 6) is -1.28. The molecule has 1 aromatic carbocycles. The van der Waals surface area contributed by atoms with Crippen LogP contribution in [0.15, 0.2) is 21.4 Å². The van der Waals surface area contributed by atoms with Crippen LogP contribution in [0.1, 0.15) is 47.4 Å². The molecule has 168 valence electrons. The Balaban J connectivity index is 1.89. The zero-order valence-corrected chi connectivity index (χ0v) is 19.0. The molecule has 2 aromatic rings. The number of amides is 2. The predicted molar refractivity (Wildman–Crippen MR) is 111 cm³/mol. The van der Waals surface area contributed by atoms with Gasteiger partial charge in [-0.25, -0.2) is 9.18 Å². The molecule has 2 N–H and O–H groups in total. The molecule has 0 spiro atoms.